The van der Waals surface area contributed by atoms with E-state index in [0.29, 0.717) is 48.9 Å². The van der Waals surface area contributed by atoms with Gasteiger partial charge in [0.1, 0.15) is 17.3 Å². The number of carbonyl (C=O) groups is 2. The fourth-order valence-electron chi connectivity index (χ4n) is 4.24. The van der Waals surface area contributed by atoms with Gasteiger partial charge in [0.05, 0.1) is 37.7 Å². The molecule has 5 N–H and O–H groups in total. The highest BCUT2D eigenvalue weighted by molar-refractivity contribution is 7.65. The number of nitrogens with zero attached hydrogens (tertiary/aromatic N) is 2. The number of carbonyl (C=O) groups excluding carboxylic acids is 2. The average Bonchev–Trinajstić information content (AvgIpc) is 3.27. The number of anilines is 3. The van der Waals surface area contributed by atoms with Crippen LogP contribution in [0.15, 0.2) is 42.5 Å². The maximum atomic E-state index is 14.8. The molecule has 2 fully saturated rings. The van der Waals surface area contributed by atoms with E-state index in [1.165, 1.54) is 35.2 Å². The first-order chi connectivity index (χ1) is 18.5. The molecule has 2 unspecified atom stereocenters. The monoisotopic (exact) mass is 586 g/mol. The minimum Gasteiger partial charge on any atom is -0.442 e. The summed E-state index contributed by atoms with van der Waals surface area (Å²) in [5.41, 5.74) is 1.55. The molecule has 2 aromatic rings. The Morgan fingerprint density at radius 2 is 1.87 bits per heavy atom. The van der Waals surface area contributed by atoms with Crippen LogP contribution in [0.4, 0.5) is 31.0 Å². The Morgan fingerprint density at radius 3 is 2.49 bits per heavy atom. The van der Waals surface area contributed by atoms with Crippen molar-refractivity contribution >= 4 is 44.8 Å². The van der Waals surface area contributed by atoms with Crippen LogP contribution >= 0.6 is 15.6 Å². The zero-order valence-electron chi connectivity index (χ0n) is 20.7. The summed E-state index contributed by atoms with van der Waals surface area (Å²) in [5.74, 6) is -0.461. The van der Waals surface area contributed by atoms with Gasteiger partial charge in [-0.05, 0) is 42.3 Å². The third-order valence-corrected chi connectivity index (χ3v) is 9.73. The normalized spacial score (nSPS) is 19.4. The number of hydrogen-bond acceptors (Lipinski definition) is 7. The molecule has 3 atom stereocenters. The van der Waals surface area contributed by atoms with Crippen LogP contribution in [0.25, 0.3) is 0 Å². The molecule has 16 heteroatoms. The van der Waals surface area contributed by atoms with Gasteiger partial charge in [-0.15, -0.1) is 0 Å². The Hall–Kier alpha value is -2.99. The molecule has 4 rings (SSSR count). The number of benzene rings is 2. The van der Waals surface area contributed by atoms with Crippen LogP contribution in [0.1, 0.15) is 5.56 Å². The summed E-state index contributed by atoms with van der Waals surface area (Å²) in [6, 6.07) is 9.85. The quantitative estimate of drug-likeness (QED) is 0.274. The predicted octanol–water partition coefficient (Wildman–Crippen LogP) is 2.32. The molecule has 3 amide bonds. The van der Waals surface area contributed by atoms with E-state index in [2.05, 4.69) is 10.6 Å². The summed E-state index contributed by atoms with van der Waals surface area (Å²) in [6.45, 7) is 2.29. The third kappa shape index (κ3) is 7.57. The van der Waals surface area contributed by atoms with Crippen LogP contribution < -0.4 is 20.4 Å². The summed E-state index contributed by atoms with van der Waals surface area (Å²) in [4.78, 5) is 55.6. The largest absolute Gasteiger partial charge is 0.442 e. The fraction of sp³-hybridized carbons (Fsp3) is 0.391. The lowest BCUT2D eigenvalue weighted by Gasteiger charge is -2.29. The van der Waals surface area contributed by atoms with Gasteiger partial charge in [0.15, 0.2) is 0 Å². The van der Waals surface area contributed by atoms with Crippen molar-refractivity contribution in [1.29, 1.82) is 0 Å². The molecule has 212 valence electrons. The van der Waals surface area contributed by atoms with Crippen molar-refractivity contribution in [1.82, 2.24) is 5.32 Å². The second kappa shape index (κ2) is 12.5. The van der Waals surface area contributed by atoms with E-state index in [-0.39, 0.29) is 19.5 Å². The molecule has 2 heterocycles. The highest BCUT2D eigenvalue weighted by Gasteiger charge is 2.34. The van der Waals surface area contributed by atoms with Gasteiger partial charge >= 0.3 is 19.7 Å². The SMILES string of the molecule is O=C(NC[C@H]1CN(c2ccc(N3CCOCC3)c(F)c2)C(=O)O1)Nc1ccc(CC([PH](=O)O)P(=O)(O)O)cc1. The second-order valence-electron chi connectivity index (χ2n) is 9.03. The number of halogens is 1. The minimum absolute atomic E-state index is 0.00471. The van der Waals surface area contributed by atoms with Crippen LogP contribution in [-0.2, 0) is 25.0 Å². The summed E-state index contributed by atoms with van der Waals surface area (Å²) in [6.07, 6.45) is -1.62. The molecule has 0 bridgehead atoms. The number of amides is 3. The minimum atomic E-state index is -4.75. The molecule has 2 saturated heterocycles. The van der Waals surface area contributed by atoms with E-state index < -0.39 is 45.1 Å². The lowest BCUT2D eigenvalue weighted by atomic mass is 10.1. The van der Waals surface area contributed by atoms with Gasteiger partial charge in [-0.25, -0.2) is 14.0 Å². The van der Waals surface area contributed by atoms with Gasteiger partial charge in [-0.2, -0.15) is 0 Å². The number of nitrogens with one attached hydrogen (secondary N) is 2. The molecule has 0 radical (unpaired) electrons. The number of ether oxygens (including phenoxy) is 2. The molecule has 13 nitrogen and oxygen atoms in total. The summed E-state index contributed by atoms with van der Waals surface area (Å²) >= 11 is 0. The highest BCUT2D eigenvalue weighted by Crippen LogP contribution is 2.53. The lowest BCUT2D eigenvalue weighted by Crippen LogP contribution is -2.37. The van der Waals surface area contributed by atoms with E-state index in [1.54, 1.807) is 12.1 Å². The Labute approximate surface area is 223 Å². The van der Waals surface area contributed by atoms with Crippen molar-refractivity contribution in [2.75, 3.05) is 54.5 Å². The summed E-state index contributed by atoms with van der Waals surface area (Å²) < 4.78 is 48.1. The highest BCUT2D eigenvalue weighted by atomic mass is 31.2. The van der Waals surface area contributed by atoms with Crippen molar-refractivity contribution in [3.05, 3.63) is 53.8 Å². The summed E-state index contributed by atoms with van der Waals surface area (Å²) in [7, 11) is -8.21. The van der Waals surface area contributed by atoms with Crippen molar-refractivity contribution in [3.8, 4) is 0 Å². The molecule has 2 aromatic carbocycles. The van der Waals surface area contributed by atoms with Gasteiger partial charge in [0.25, 0.3) is 0 Å². The average molecular weight is 586 g/mol. The Kier molecular flexibility index (Phi) is 9.27. The molecule has 0 saturated carbocycles. The Bertz CT molecular complexity index is 1270. The maximum absolute atomic E-state index is 14.8. The maximum Gasteiger partial charge on any atom is 0.414 e. The molecular formula is C23H29FN4O9P2. The van der Waals surface area contributed by atoms with E-state index in [4.69, 9.17) is 9.47 Å². The molecule has 2 aliphatic rings. The van der Waals surface area contributed by atoms with Crippen molar-refractivity contribution in [3.63, 3.8) is 0 Å². The number of urea groups is 1. The number of morpholine rings is 1. The van der Waals surface area contributed by atoms with Gasteiger partial charge in [-0.3, -0.25) is 14.0 Å². The molecule has 2 aliphatic heterocycles. The van der Waals surface area contributed by atoms with E-state index in [1.807, 2.05) is 4.90 Å². The van der Waals surface area contributed by atoms with Gasteiger partial charge in [0.2, 0.25) is 8.03 Å². The second-order valence-corrected chi connectivity index (χ2v) is 12.7. The van der Waals surface area contributed by atoms with E-state index >= 15 is 0 Å². The standard InChI is InChI=1S/C23H29FN4O9P2/c24-19-12-17(5-6-20(19)27-7-9-36-10-8-27)28-14-18(37-23(28)30)13-25-22(29)26-16-3-1-15(2-4-16)11-21(38(31)32)39(33,34)35/h1-6,12,18,21,38H,7-11,13-14H2,(H,31,32)(H2,25,26,29)(H2,33,34,35)/t18-,21?/m0/s1. The molecule has 0 aliphatic carbocycles. The zero-order chi connectivity index (χ0) is 28.2. The zero-order valence-corrected chi connectivity index (χ0v) is 22.6. The van der Waals surface area contributed by atoms with Crippen LogP contribution in [0, 0.1) is 5.82 Å². The van der Waals surface area contributed by atoms with Crippen LogP contribution in [0.3, 0.4) is 0 Å². The molecule has 0 aromatic heterocycles. The third-order valence-electron chi connectivity index (χ3n) is 6.29. The van der Waals surface area contributed by atoms with Gasteiger partial charge in [0, 0.05) is 18.8 Å². The first-order valence-corrected chi connectivity index (χ1v) is 15.1. The van der Waals surface area contributed by atoms with Crippen LogP contribution in [0.5, 0.6) is 0 Å². The lowest BCUT2D eigenvalue weighted by molar-refractivity contribution is 0.122. The Balaban J connectivity index is 1.27. The summed E-state index contributed by atoms with van der Waals surface area (Å²) in [5, 5.41) is 3.48. The smallest absolute Gasteiger partial charge is 0.414 e. The molecule has 39 heavy (non-hydrogen) atoms. The van der Waals surface area contributed by atoms with Crippen molar-refractivity contribution in [2.24, 2.45) is 0 Å². The van der Waals surface area contributed by atoms with Crippen LogP contribution in [0.2, 0.25) is 0 Å². The Morgan fingerprint density at radius 1 is 1.18 bits per heavy atom. The van der Waals surface area contributed by atoms with Crippen LogP contribution in [-0.4, -0.2) is 77.7 Å². The predicted molar refractivity (Wildman–Crippen MR) is 141 cm³/mol. The number of cyclic esters (lactones) is 1. The first kappa shape index (κ1) is 29.0. The van der Waals surface area contributed by atoms with Crippen molar-refractivity contribution in [2.45, 2.75) is 17.9 Å². The molecule has 0 spiro atoms. The van der Waals surface area contributed by atoms with E-state index in [9.17, 15) is 37.8 Å². The van der Waals surface area contributed by atoms with E-state index in [0.717, 1.165) is 0 Å². The number of hydrogen-bond donors (Lipinski definition) is 5. The number of rotatable bonds is 9. The fourth-order valence-corrected chi connectivity index (χ4v) is 6.25. The molecular weight excluding hydrogens is 557 g/mol. The van der Waals surface area contributed by atoms with Gasteiger partial charge in [-0.1, -0.05) is 12.1 Å². The first-order valence-electron chi connectivity index (χ1n) is 12.0. The topological polar surface area (TPSA) is 178 Å². The van der Waals surface area contributed by atoms with Crippen molar-refractivity contribution < 1.29 is 47.3 Å². The van der Waals surface area contributed by atoms with Gasteiger partial charge < -0.3 is 39.7 Å².